The van der Waals surface area contributed by atoms with Crippen LogP contribution < -0.4 is 4.90 Å². The number of benzene rings is 8. The second-order valence-electron chi connectivity index (χ2n) is 13.1. The normalized spacial score (nSPS) is 11.9. The lowest BCUT2D eigenvalue weighted by Gasteiger charge is -2.27. The first kappa shape index (κ1) is 31.7. The molecule has 0 spiro atoms. The Morgan fingerprint density at radius 2 is 1.04 bits per heavy atom. The van der Waals surface area contributed by atoms with Crippen LogP contribution in [0.4, 0.5) is 5.69 Å². The molecule has 0 aliphatic heterocycles. The molecule has 0 amide bonds. The molecule has 0 aliphatic carbocycles. The average Bonchev–Trinajstić information content (AvgIpc) is 3.18. The number of hydrogen-bond acceptors (Lipinski definition) is 2. The van der Waals surface area contributed by atoms with Crippen LogP contribution in [0.5, 0.6) is 0 Å². The van der Waals surface area contributed by atoms with Gasteiger partial charge >= 0.3 is 0 Å². The van der Waals surface area contributed by atoms with E-state index in [1.807, 2.05) is 24.3 Å². The second kappa shape index (κ2) is 13.4. The molecule has 8 rings (SSSR count). The zero-order valence-electron chi connectivity index (χ0n) is 28.8. The van der Waals surface area contributed by atoms with Crippen molar-refractivity contribution in [2.75, 3.05) is 4.90 Å². The van der Waals surface area contributed by atoms with Crippen molar-refractivity contribution in [1.82, 2.24) is 0 Å². The zero-order chi connectivity index (χ0) is 34.9. The lowest BCUT2D eigenvalue weighted by atomic mass is 9.85. The Kier molecular flexibility index (Phi) is 8.35. The highest BCUT2D eigenvalue weighted by atomic mass is 15.1. The average molecular weight is 655 g/mol. The molecule has 0 saturated carbocycles. The molecule has 0 unspecified atom stereocenters. The molecule has 51 heavy (non-hydrogen) atoms. The van der Waals surface area contributed by atoms with Crippen molar-refractivity contribution in [1.29, 1.82) is 0 Å². The van der Waals surface area contributed by atoms with Gasteiger partial charge < -0.3 is 4.90 Å². The van der Waals surface area contributed by atoms with Gasteiger partial charge in [0.2, 0.25) is 0 Å². The third kappa shape index (κ3) is 5.81. The summed E-state index contributed by atoms with van der Waals surface area (Å²) in [7, 11) is 0. The van der Waals surface area contributed by atoms with Crippen molar-refractivity contribution < 1.29 is 0 Å². The van der Waals surface area contributed by atoms with Gasteiger partial charge in [-0.15, -0.1) is 0 Å². The molecular weight excluding hydrogens is 617 g/mol. The van der Waals surface area contributed by atoms with E-state index in [1.165, 1.54) is 76.5 Å². The molecule has 0 saturated heterocycles. The summed E-state index contributed by atoms with van der Waals surface area (Å²) in [5.74, 6) is 0. The predicted octanol–water partition coefficient (Wildman–Crippen LogP) is 13.2. The molecule has 2 heteroatoms. The maximum Gasteiger partial charge on any atom is 0.0853 e. The first-order valence-electron chi connectivity index (χ1n) is 17.3. The summed E-state index contributed by atoms with van der Waals surface area (Å²) < 4.78 is 0. The summed E-state index contributed by atoms with van der Waals surface area (Å²) in [6.07, 6.45) is 3.55. The third-order valence-corrected chi connectivity index (χ3v) is 9.93. The molecule has 244 valence electrons. The van der Waals surface area contributed by atoms with Gasteiger partial charge in [0.05, 0.1) is 11.4 Å². The van der Waals surface area contributed by atoms with Gasteiger partial charge in [0.25, 0.3) is 0 Å². The van der Waals surface area contributed by atoms with E-state index in [-0.39, 0.29) is 0 Å². The predicted molar refractivity (Wildman–Crippen MR) is 222 cm³/mol. The fourth-order valence-electron chi connectivity index (χ4n) is 7.53. The Bertz CT molecular complexity index is 2610. The number of hydrogen-bond donors (Lipinski definition) is 0. The van der Waals surface area contributed by atoms with Crippen molar-refractivity contribution in [2.24, 2.45) is 4.99 Å². The zero-order valence-corrected chi connectivity index (χ0v) is 28.8. The molecule has 0 bridgehead atoms. The number of fused-ring (bicyclic) bond motifs is 4. The Hall–Kier alpha value is -6.51. The van der Waals surface area contributed by atoms with Crippen molar-refractivity contribution in [2.45, 2.75) is 13.5 Å². The van der Waals surface area contributed by atoms with Crippen LogP contribution in [0.25, 0.3) is 65.3 Å². The number of anilines is 1. The number of aliphatic imine (C=N–C) groups is 1. The van der Waals surface area contributed by atoms with Crippen LogP contribution in [0.15, 0.2) is 193 Å². The Balaban J connectivity index is 1.25. The minimum Gasteiger partial charge on any atom is -0.335 e. The number of nitrogens with zero attached hydrogens (tertiary/aromatic N) is 2. The van der Waals surface area contributed by atoms with Crippen molar-refractivity contribution >= 4 is 55.5 Å². The van der Waals surface area contributed by atoms with Crippen LogP contribution in [0.3, 0.4) is 0 Å². The number of rotatable bonds is 9. The monoisotopic (exact) mass is 654 g/mol. The highest BCUT2D eigenvalue weighted by Crippen LogP contribution is 2.44. The SMILES string of the molecule is C=C/C(N=C)=C(\C=C)N(Cc1ccc2cc(-c3c4ccccc4c(-c4ccc5cc(C)ccc5c4)c4ccccc34)ccc2c1)c1ccccc1. The van der Waals surface area contributed by atoms with Crippen molar-refractivity contribution in [3.05, 3.63) is 199 Å². The maximum absolute atomic E-state index is 4.23. The summed E-state index contributed by atoms with van der Waals surface area (Å²) in [6.45, 7) is 14.6. The fourth-order valence-corrected chi connectivity index (χ4v) is 7.53. The van der Waals surface area contributed by atoms with E-state index >= 15 is 0 Å². The Morgan fingerprint density at radius 1 is 0.549 bits per heavy atom. The van der Waals surface area contributed by atoms with E-state index in [2.05, 4.69) is 170 Å². The topological polar surface area (TPSA) is 15.6 Å². The van der Waals surface area contributed by atoms with Gasteiger partial charge in [-0.25, -0.2) is 0 Å². The minimum absolute atomic E-state index is 0.640. The molecule has 0 atom stereocenters. The van der Waals surface area contributed by atoms with Crippen LogP contribution >= 0.6 is 0 Å². The minimum atomic E-state index is 0.640. The van der Waals surface area contributed by atoms with Crippen LogP contribution in [-0.2, 0) is 6.54 Å². The number of para-hydroxylation sites is 1. The third-order valence-electron chi connectivity index (χ3n) is 9.93. The molecule has 8 aromatic rings. The first-order chi connectivity index (χ1) is 25.1. The highest BCUT2D eigenvalue weighted by Gasteiger charge is 2.18. The maximum atomic E-state index is 4.23. The van der Waals surface area contributed by atoms with Crippen LogP contribution in [0, 0.1) is 6.92 Å². The lowest BCUT2D eigenvalue weighted by molar-refractivity contribution is 0.925. The van der Waals surface area contributed by atoms with Crippen LogP contribution in [0.2, 0.25) is 0 Å². The first-order valence-corrected chi connectivity index (χ1v) is 17.3. The van der Waals surface area contributed by atoms with Gasteiger partial charge in [0, 0.05) is 12.2 Å². The summed E-state index contributed by atoms with van der Waals surface area (Å²) >= 11 is 0. The molecule has 0 heterocycles. The second-order valence-corrected chi connectivity index (χ2v) is 13.1. The van der Waals surface area contributed by atoms with E-state index < -0.39 is 0 Å². The quantitative estimate of drug-likeness (QED) is 0.0859. The van der Waals surface area contributed by atoms with Crippen LogP contribution in [0.1, 0.15) is 11.1 Å². The Morgan fingerprint density at radius 3 is 1.57 bits per heavy atom. The lowest BCUT2D eigenvalue weighted by Crippen LogP contribution is -2.22. The van der Waals surface area contributed by atoms with E-state index in [0.717, 1.165) is 11.4 Å². The Labute approximate surface area is 299 Å². The van der Waals surface area contributed by atoms with E-state index in [9.17, 15) is 0 Å². The molecule has 0 radical (unpaired) electrons. The summed E-state index contributed by atoms with van der Waals surface area (Å²) in [6, 6.07) is 55.2. The van der Waals surface area contributed by atoms with E-state index in [1.54, 1.807) is 6.08 Å². The standard InChI is InChI=1S/C49H38N2/c1-5-46(50-4)47(6-2)51(41-14-8-7-9-15-41)32-34-21-23-38-31-40(27-25-36(38)29-34)49-44-18-12-10-16-42(44)48(43-17-11-13-19-45(43)49)39-26-24-35-28-33(3)20-22-37(35)30-39/h5-31H,1-2,4,32H2,3H3/b47-46-. The van der Waals surface area contributed by atoms with Gasteiger partial charge in [0.1, 0.15) is 0 Å². The van der Waals surface area contributed by atoms with E-state index in [0.29, 0.717) is 12.2 Å². The number of aryl methyl sites for hydroxylation is 1. The molecule has 8 aromatic carbocycles. The summed E-state index contributed by atoms with van der Waals surface area (Å²) in [5, 5.41) is 9.93. The van der Waals surface area contributed by atoms with E-state index in [4.69, 9.17) is 0 Å². The van der Waals surface area contributed by atoms with Gasteiger partial charge in [-0.2, -0.15) is 0 Å². The smallest absolute Gasteiger partial charge is 0.0853 e. The highest BCUT2D eigenvalue weighted by molar-refractivity contribution is 6.22. The van der Waals surface area contributed by atoms with Gasteiger partial charge in [0.15, 0.2) is 0 Å². The molecule has 2 nitrogen and oxygen atoms in total. The summed E-state index contributed by atoms with van der Waals surface area (Å²) in [5.41, 5.74) is 10.0. The van der Waals surface area contributed by atoms with Gasteiger partial charge in [-0.05, 0) is 127 Å². The molecule has 0 N–H and O–H groups in total. The molecular formula is C49H38N2. The fraction of sp³-hybridized carbons (Fsp3) is 0.0408. The van der Waals surface area contributed by atoms with Crippen LogP contribution in [-0.4, -0.2) is 6.72 Å². The van der Waals surface area contributed by atoms with Gasteiger partial charge in [-0.3, -0.25) is 4.99 Å². The molecule has 0 aromatic heterocycles. The summed E-state index contributed by atoms with van der Waals surface area (Å²) in [4.78, 5) is 6.45. The van der Waals surface area contributed by atoms with Gasteiger partial charge in [-0.1, -0.05) is 140 Å². The molecule has 0 fully saturated rings. The largest absolute Gasteiger partial charge is 0.335 e. The molecule has 0 aliphatic rings. The van der Waals surface area contributed by atoms with Crippen molar-refractivity contribution in [3.63, 3.8) is 0 Å². The number of allylic oxidation sites excluding steroid dienone is 2. The van der Waals surface area contributed by atoms with Crippen molar-refractivity contribution in [3.8, 4) is 22.3 Å².